The molecule has 2 aromatic carbocycles. The molecule has 204 valence electrons. The monoisotopic (exact) mass is 511 g/mol. The summed E-state index contributed by atoms with van der Waals surface area (Å²) in [5.41, 5.74) is 11.4. The summed E-state index contributed by atoms with van der Waals surface area (Å²) in [5.74, 6) is 0.875. The molecule has 0 unspecified atom stereocenters. The lowest BCUT2D eigenvalue weighted by molar-refractivity contribution is 0.352. The molecule has 1 N–H and O–H groups in total. The number of hydrogen-bond acceptors (Lipinski definition) is 2. The third-order valence-electron chi connectivity index (χ3n) is 7.16. The van der Waals surface area contributed by atoms with E-state index >= 15 is 0 Å². The van der Waals surface area contributed by atoms with E-state index in [0.29, 0.717) is 0 Å². The van der Waals surface area contributed by atoms with Crippen LogP contribution in [0, 0.1) is 13.8 Å². The van der Waals surface area contributed by atoms with Crippen LogP contribution in [0.2, 0.25) is 0 Å². The molecule has 0 radical (unpaired) electrons. The van der Waals surface area contributed by atoms with Crippen molar-refractivity contribution in [3.8, 4) is 0 Å². The highest BCUT2D eigenvalue weighted by Gasteiger charge is 2.16. The number of allylic oxidation sites excluding steroid dienone is 4. The Morgan fingerprint density at radius 2 is 1.68 bits per heavy atom. The van der Waals surface area contributed by atoms with E-state index in [9.17, 15) is 0 Å². The first-order valence-electron chi connectivity index (χ1n) is 14.3. The SMILES string of the molecule is C=C1CCC=C(c2ccc(CCC3=CCCN(C)CC3)cc2)/C1=C/N=C(C)Nc1cc(C)cc(C)c1.CC.[HH]. The van der Waals surface area contributed by atoms with Crippen LogP contribution >= 0.6 is 0 Å². The summed E-state index contributed by atoms with van der Waals surface area (Å²) in [6.07, 6.45) is 13.5. The highest BCUT2D eigenvalue weighted by atomic mass is 15.1. The smallest absolute Gasteiger partial charge is 0.103 e. The Hall–Kier alpha value is -3.17. The Balaban J connectivity index is 0.00000174. The summed E-state index contributed by atoms with van der Waals surface area (Å²) in [7, 11) is 2.22. The van der Waals surface area contributed by atoms with Crippen molar-refractivity contribution in [1.82, 2.24) is 4.90 Å². The van der Waals surface area contributed by atoms with E-state index in [-0.39, 0.29) is 1.43 Å². The van der Waals surface area contributed by atoms with Crippen molar-refractivity contribution in [3.63, 3.8) is 0 Å². The molecular formula is C35H49N3. The Morgan fingerprint density at radius 1 is 0.974 bits per heavy atom. The van der Waals surface area contributed by atoms with E-state index in [1.807, 2.05) is 27.0 Å². The molecule has 0 saturated heterocycles. The largest absolute Gasteiger partial charge is 0.344 e. The number of aliphatic imine (C=N–C) groups is 1. The molecule has 0 fully saturated rings. The topological polar surface area (TPSA) is 27.6 Å². The lowest BCUT2D eigenvalue weighted by Gasteiger charge is -2.20. The van der Waals surface area contributed by atoms with Crippen LogP contribution in [0.4, 0.5) is 5.69 Å². The van der Waals surface area contributed by atoms with E-state index in [2.05, 4.69) is 92.3 Å². The maximum Gasteiger partial charge on any atom is 0.103 e. The van der Waals surface area contributed by atoms with Crippen molar-refractivity contribution in [2.45, 2.75) is 73.1 Å². The number of rotatable bonds is 6. The number of aryl methyl sites for hydroxylation is 3. The third kappa shape index (κ3) is 8.70. The molecule has 0 bridgehead atoms. The van der Waals surface area contributed by atoms with E-state index in [1.54, 1.807) is 5.57 Å². The van der Waals surface area contributed by atoms with Crippen molar-refractivity contribution < 1.29 is 1.43 Å². The van der Waals surface area contributed by atoms with Gasteiger partial charge >= 0.3 is 0 Å². The normalized spacial score (nSPS) is 17.8. The fourth-order valence-corrected chi connectivity index (χ4v) is 5.13. The molecule has 0 saturated carbocycles. The summed E-state index contributed by atoms with van der Waals surface area (Å²) in [4.78, 5) is 7.20. The van der Waals surface area contributed by atoms with Gasteiger partial charge in [-0.05, 0) is 112 Å². The Morgan fingerprint density at radius 3 is 2.39 bits per heavy atom. The van der Waals surface area contributed by atoms with Crippen LogP contribution < -0.4 is 5.32 Å². The molecule has 0 spiro atoms. The summed E-state index contributed by atoms with van der Waals surface area (Å²) in [5, 5.41) is 3.44. The van der Waals surface area contributed by atoms with Gasteiger partial charge in [-0.3, -0.25) is 0 Å². The van der Waals surface area contributed by atoms with Gasteiger partial charge in [0, 0.05) is 32.0 Å². The van der Waals surface area contributed by atoms with Crippen LogP contribution in [0.1, 0.15) is 76.6 Å². The van der Waals surface area contributed by atoms with Crippen molar-refractivity contribution >= 4 is 17.1 Å². The van der Waals surface area contributed by atoms with Gasteiger partial charge in [-0.25, -0.2) is 4.99 Å². The molecular weight excluding hydrogens is 462 g/mol. The van der Waals surface area contributed by atoms with Gasteiger partial charge in [0.05, 0.1) is 0 Å². The molecule has 1 heterocycles. The van der Waals surface area contributed by atoms with Crippen molar-refractivity contribution in [1.29, 1.82) is 0 Å². The average molecular weight is 512 g/mol. The number of nitrogens with one attached hydrogen (secondary N) is 1. The molecule has 0 aromatic heterocycles. The highest BCUT2D eigenvalue weighted by Crippen LogP contribution is 2.35. The fourth-order valence-electron chi connectivity index (χ4n) is 5.13. The number of benzene rings is 2. The number of amidine groups is 1. The van der Waals surface area contributed by atoms with Crippen LogP contribution in [-0.2, 0) is 6.42 Å². The first-order valence-corrected chi connectivity index (χ1v) is 14.3. The van der Waals surface area contributed by atoms with E-state index in [4.69, 9.17) is 4.99 Å². The van der Waals surface area contributed by atoms with Crippen molar-refractivity contribution in [2.24, 2.45) is 4.99 Å². The second-order valence-electron chi connectivity index (χ2n) is 10.4. The molecule has 3 nitrogen and oxygen atoms in total. The molecule has 1 aliphatic carbocycles. The zero-order valence-corrected chi connectivity index (χ0v) is 24.5. The number of anilines is 1. The van der Waals surface area contributed by atoms with Gasteiger partial charge in [-0.1, -0.05) is 68.5 Å². The van der Waals surface area contributed by atoms with Gasteiger partial charge in [0.2, 0.25) is 0 Å². The van der Waals surface area contributed by atoms with E-state index in [0.717, 1.165) is 41.9 Å². The standard InChI is InChI=1S/C33H41N3.C2H6.H2/c1-24-20-25(2)22-31(21-24)35-27(4)34-23-33-26(3)8-6-10-32(33)30-15-13-29(14-16-30)12-11-28-9-7-18-36(5)19-17-28;1-2;/h9-10,13-16,20-23H,3,6-8,11-12,17-19H2,1-2,4-5H3,(H,34,35);1-2H3;1H/b33-23+;;. The maximum absolute atomic E-state index is 4.77. The molecule has 3 heteroatoms. The summed E-state index contributed by atoms with van der Waals surface area (Å²) < 4.78 is 0. The van der Waals surface area contributed by atoms with Crippen LogP contribution in [0.25, 0.3) is 5.57 Å². The van der Waals surface area contributed by atoms with E-state index in [1.165, 1.54) is 60.2 Å². The van der Waals surface area contributed by atoms with Crippen LogP contribution in [0.5, 0.6) is 0 Å². The Bertz CT molecular complexity index is 1190. The first kappa shape index (κ1) is 29.4. The average Bonchev–Trinajstić information content (AvgIpc) is 3.11. The van der Waals surface area contributed by atoms with Crippen LogP contribution in [0.3, 0.4) is 0 Å². The lowest BCUT2D eigenvalue weighted by atomic mass is 9.86. The zero-order valence-electron chi connectivity index (χ0n) is 24.5. The Kier molecular flexibility index (Phi) is 11.4. The quantitative estimate of drug-likeness (QED) is 0.238. The summed E-state index contributed by atoms with van der Waals surface area (Å²) in [6.45, 7) is 17.0. The molecule has 4 rings (SSSR count). The van der Waals surface area contributed by atoms with Gasteiger partial charge in [0.1, 0.15) is 5.84 Å². The molecule has 0 amide bonds. The van der Waals surface area contributed by atoms with E-state index < -0.39 is 0 Å². The number of nitrogens with zero attached hydrogens (tertiary/aromatic N) is 2. The van der Waals surface area contributed by atoms with Crippen LogP contribution in [0.15, 0.2) is 89.1 Å². The van der Waals surface area contributed by atoms with Crippen molar-refractivity contribution in [2.75, 3.05) is 25.5 Å². The zero-order chi connectivity index (χ0) is 27.5. The second kappa shape index (κ2) is 14.7. The molecule has 1 aliphatic heterocycles. The van der Waals surface area contributed by atoms with Gasteiger partial charge < -0.3 is 10.2 Å². The summed E-state index contributed by atoms with van der Waals surface area (Å²) in [6, 6.07) is 15.6. The molecule has 2 aromatic rings. The minimum atomic E-state index is 0. The maximum atomic E-state index is 4.77. The molecule has 38 heavy (non-hydrogen) atoms. The molecule has 0 atom stereocenters. The minimum absolute atomic E-state index is 0. The fraction of sp³-hybridized carbons (Fsp3) is 0.400. The second-order valence-corrected chi connectivity index (χ2v) is 10.4. The van der Waals surface area contributed by atoms with Gasteiger partial charge in [-0.15, -0.1) is 0 Å². The lowest BCUT2D eigenvalue weighted by Crippen LogP contribution is -2.18. The predicted octanol–water partition coefficient (Wildman–Crippen LogP) is 9.31. The summed E-state index contributed by atoms with van der Waals surface area (Å²) >= 11 is 0. The Labute approximate surface area is 233 Å². The third-order valence-corrected chi connectivity index (χ3v) is 7.16. The predicted molar refractivity (Wildman–Crippen MR) is 170 cm³/mol. The van der Waals surface area contributed by atoms with Gasteiger partial charge in [0.25, 0.3) is 0 Å². The molecule has 2 aliphatic rings. The van der Waals surface area contributed by atoms with Gasteiger partial charge in [0.15, 0.2) is 0 Å². The highest BCUT2D eigenvalue weighted by molar-refractivity contribution is 5.94. The van der Waals surface area contributed by atoms with Gasteiger partial charge in [-0.2, -0.15) is 0 Å². The minimum Gasteiger partial charge on any atom is -0.344 e. The first-order chi connectivity index (χ1) is 18.4. The number of hydrogen-bond donors (Lipinski definition) is 1. The van der Waals surface area contributed by atoms with Crippen LogP contribution in [-0.4, -0.2) is 30.9 Å². The van der Waals surface area contributed by atoms with Crippen molar-refractivity contribution in [3.05, 3.63) is 106 Å².